The Kier molecular flexibility index (Phi) is 5.24. The van der Waals surface area contributed by atoms with Crippen LogP contribution in [-0.4, -0.2) is 64.7 Å². The van der Waals surface area contributed by atoms with E-state index in [1.54, 1.807) is 11.0 Å². The van der Waals surface area contributed by atoms with Crippen LogP contribution in [-0.2, 0) is 10.9 Å². The average Bonchev–Trinajstić information content (AvgIpc) is 2.94. The molecule has 3 rings (SSSR count). The number of nitrogens with one attached hydrogen (secondary N) is 1. The summed E-state index contributed by atoms with van der Waals surface area (Å²) in [6, 6.07) is 4.01. The van der Waals surface area contributed by atoms with Crippen molar-refractivity contribution < 1.29 is 22.7 Å². The highest BCUT2D eigenvalue weighted by molar-refractivity contribution is 5.68. The molecule has 2 aliphatic heterocycles. The molecule has 0 bridgehead atoms. The number of alkyl halides is 3. The fourth-order valence-corrected chi connectivity index (χ4v) is 3.52. The second kappa shape index (κ2) is 7.18. The Hall–Kier alpha value is -2.03. The SMILES string of the molecule is CC(C)(C)OC(=O)N1CCN2C[C@@H](Nc3cccc(C(F)(F)F)n3)C[C@H]2C1. The van der Waals surface area contributed by atoms with Crippen molar-refractivity contribution >= 4 is 11.9 Å². The number of pyridine rings is 1. The van der Waals surface area contributed by atoms with Crippen molar-refractivity contribution in [2.24, 2.45) is 0 Å². The zero-order valence-corrected chi connectivity index (χ0v) is 15.7. The van der Waals surface area contributed by atoms with Crippen molar-refractivity contribution in [3.8, 4) is 0 Å². The number of aromatic nitrogens is 1. The van der Waals surface area contributed by atoms with Crippen LogP contribution >= 0.6 is 0 Å². The van der Waals surface area contributed by atoms with Crippen molar-refractivity contribution in [2.75, 3.05) is 31.5 Å². The van der Waals surface area contributed by atoms with E-state index in [9.17, 15) is 18.0 Å². The van der Waals surface area contributed by atoms with Crippen LogP contribution in [0.3, 0.4) is 0 Å². The van der Waals surface area contributed by atoms with Gasteiger partial charge in [-0.2, -0.15) is 13.2 Å². The summed E-state index contributed by atoms with van der Waals surface area (Å²) in [5.41, 5.74) is -1.44. The van der Waals surface area contributed by atoms with Crippen LogP contribution in [0.5, 0.6) is 0 Å². The minimum absolute atomic E-state index is 0.00966. The molecule has 0 aromatic carbocycles. The van der Waals surface area contributed by atoms with Crippen LogP contribution in [0, 0.1) is 0 Å². The van der Waals surface area contributed by atoms with Gasteiger partial charge in [0, 0.05) is 38.3 Å². The van der Waals surface area contributed by atoms with E-state index in [1.807, 2.05) is 20.8 Å². The molecule has 0 radical (unpaired) electrons. The molecule has 6 nitrogen and oxygen atoms in total. The molecule has 1 aromatic rings. The van der Waals surface area contributed by atoms with E-state index in [1.165, 1.54) is 6.07 Å². The third kappa shape index (κ3) is 5.03. The number of carbonyl (C=O) groups is 1. The zero-order valence-electron chi connectivity index (χ0n) is 15.7. The summed E-state index contributed by atoms with van der Waals surface area (Å²) in [5, 5.41) is 3.10. The van der Waals surface area contributed by atoms with Gasteiger partial charge in [-0.05, 0) is 39.3 Å². The van der Waals surface area contributed by atoms with Gasteiger partial charge in [-0.3, -0.25) is 4.90 Å². The number of anilines is 1. The molecule has 2 aliphatic rings. The lowest BCUT2D eigenvalue weighted by molar-refractivity contribution is -0.141. The Bertz CT molecular complexity index is 690. The Morgan fingerprint density at radius 3 is 2.63 bits per heavy atom. The van der Waals surface area contributed by atoms with Gasteiger partial charge >= 0.3 is 12.3 Å². The Morgan fingerprint density at radius 1 is 1.22 bits per heavy atom. The van der Waals surface area contributed by atoms with Crippen LogP contribution in [0.25, 0.3) is 0 Å². The summed E-state index contributed by atoms with van der Waals surface area (Å²) in [6.45, 7) is 8.07. The van der Waals surface area contributed by atoms with Crippen LogP contribution < -0.4 is 5.32 Å². The van der Waals surface area contributed by atoms with E-state index >= 15 is 0 Å². The molecule has 27 heavy (non-hydrogen) atoms. The second-order valence-corrected chi connectivity index (χ2v) is 8.06. The maximum Gasteiger partial charge on any atom is 0.433 e. The number of hydrogen-bond donors (Lipinski definition) is 1. The lowest BCUT2D eigenvalue weighted by Crippen LogP contribution is -2.53. The van der Waals surface area contributed by atoms with Gasteiger partial charge in [0.2, 0.25) is 0 Å². The third-order valence-corrected chi connectivity index (χ3v) is 4.66. The summed E-state index contributed by atoms with van der Waals surface area (Å²) in [4.78, 5) is 19.9. The first-order valence-corrected chi connectivity index (χ1v) is 9.04. The molecular formula is C18H25F3N4O2. The van der Waals surface area contributed by atoms with Gasteiger partial charge in [0.15, 0.2) is 0 Å². The number of ether oxygens (including phenoxy) is 1. The largest absolute Gasteiger partial charge is 0.444 e. The summed E-state index contributed by atoms with van der Waals surface area (Å²) >= 11 is 0. The Balaban J connectivity index is 1.58. The summed E-state index contributed by atoms with van der Waals surface area (Å²) in [6.07, 6.45) is -4.05. The number of piperazine rings is 1. The smallest absolute Gasteiger partial charge is 0.433 e. The molecule has 3 heterocycles. The molecule has 2 saturated heterocycles. The van der Waals surface area contributed by atoms with Crippen molar-refractivity contribution in [2.45, 2.75) is 51.1 Å². The van der Waals surface area contributed by atoms with Crippen LogP contribution in [0.4, 0.5) is 23.8 Å². The fourth-order valence-electron chi connectivity index (χ4n) is 3.52. The molecule has 2 fully saturated rings. The molecule has 0 spiro atoms. The first-order valence-electron chi connectivity index (χ1n) is 9.04. The van der Waals surface area contributed by atoms with E-state index in [0.29, 0.717) is 19.6 Å². The van der Waals surface area contributed by atoms with Crippen LogP contribution in [0.1, 0.15) is 32.9 Å². The highest BCUT2D eigenvalue weighted by Crippen LogP contribution is 2.29. The van der Waals surface area contributed by atoms with E-state index in [2.05, 4.69) is 15.2 Å². The number of amides is 1. The fraction of sp³-hybridized carbons (Fsp3) is 0.667. The van der Waals surface area contributed by atoms with Gasteiger partial charge in [-0.15, -0.1) is 0 Å². The molecule has 2 atom stereocenters. The lowest BCUT2D eigenvalue weighted by atomic mass is 10.1. The molecular weight excluding hydrogens is 361 g/mol. The van der Waals surface area contributed by atoms with Crippen LogP contribution in [0.2, 0.25) is 0 Å². The Morgan fingerprint density at radius 2 is 1.96 bits per heavy atom. The van der Waals surface area contributed by atoms with Crippen molar-refractivity contribution in [1.82, 2.24) is 14.8 Å². The number of halogens is 3. The average molecular weight is 386 g/mol. The highest BCUT2D eigenvalue weighted by atomic mass is 19.4. The van der Waals surface area contributed by atoms with Gasteiger partial charge in [-0.25, -0.2) is 9.78 Å². The molecule has 1 amide bonds. The van der Waals surface area contributed by atoms with Gasteiger partial charge in [0.05, 0.1) is 0 Å². The lowest BCUT2D eigenvalue weighted by Gasteiger charge is -2.37. The maximum absolute atomic E-state index is 12.8. The normalized spacial score (nSPS) is 23.9. The molecule has 9 heteroatoms. The van der Waals surface area contributed by atoms with Crippen molar-refractivity contribution in [3.63, 3.8) is 0 Å². The number of hydrogen-bond acceptors (Lipinski definition) is 5. The standard InChI is InChI=1S/C18H25F3N4O2/c1-17(2,3)27-16(26)25-8-7-24-10-12(9-13(24)11-25)22-15-6-4-5-14(23-15)18(19,20)21/h4-6,12-13H,7-11H2,1-3H3,(H,22,23)/t12-,13-/m0/s1. The molecule has 0 aliphatic carbocycles. The van der Waals surface area contributed by atoms with E-state index in [0.717, 1.165) is 19.0 Å². The van der Waals surface area contributed by atoms with E-state index in [4.69, 9.17) is 4.74 Å². The Labute approximate surface area is 156 Å². The van der Waals surface area contributed by atoms with Gasteiger partial charge in [0.25, 0.3) is 0 Å². The predicted octanol–water partition coefficient (Wildman–Crippen LogP) is 3.21. The third-order valence-electron chi connectivity index (χ3n) is 4.66. The quantitative estimate of drug-likeness (QED) is 0.846. The minimum atomic E-state index is -4.46. The topological polar surface area (TPSA) is 57.7 Å². The summed E-state index contributed by atoms with van der Waals surface area (Å²) in [5.74, 6) is 0.221. The predicted molar refractivity (Wildman–Crippen MR) is 94.4 cm³/mol. The summed E-state index contributed by atoms with van der Waals surface area (Å²) in [7, 11) is 0. The first-order chi connectivity index (χ1) is 12.5. The zero-order chi connectivity index (χ0) is 19.8. The maximum atomic E-state index is 12.8. The number of fused-ring (bicyclic) bond motifs is 1. The summed E-state index contributed by atoms with van der Waals surface area (Å²) < 4.78 is 43.9. The first kappa shape index (κ1) is 19.7. The van der Waals surface area contributed by atoms with Crippen LogP contribution in [0.15, 0.2) is 18.2 Å². The van der Waals surface area contributed by atoms with Crippen molar-refractivity contribution in [1.29, 1.82) is 0 Å². The van der Waals surface area contributed by atoms with E-state index in [-0.39, 0.29) is 24.0 Å². The number of rotatable bonds is 2. The highest BCUT2D eigenvalue weighted by Gasteiger charge is 2.39. The van der Waals surface area contributed by atoms with Crippen molar-refractivity contribution in [3.05, 3.63) is 23.9 Å². The van der Waals surface area contributed by atoms with Gasteiger partial charge in [0.1, 0.15) is 17.1 Å². The number of nitrogens with zero attached hydrogens (tertiary/aromatic N) is 3. The monoisotopic (exact) mass is 386 g/mol. The molecule has 150 valence electrons. The number of carbonyl (C=O) groups excluding carboxylic acids is 1. The van der Waals surface area contributed by atoms with Gasteiger partial charge in [-0.1, -0.05) is 6.07 Å². The molecule has 0 unspecified atom stereocenters. The molecule has 1 N–H and O–H groups in total. The molecule has 0 saturated carbocycles. The minimum Gasteiger partial charge on any atom is -0.444 e. The van der Waals surface area contributed by atoms with E-state index < -0.39 is 17.5 Å². The van der Waals surface area contributed by atoms with Gasteiger partial charge < -0.3 is 15.0 Å². The second-order valence-electron chi connectivity index (χ2n) is 8.06. The molecule has 1 aromatic heterocycles.